The van der Waals surface area contributed by atoms with Crippen molar-refractivity contribution in [3.8, 4) is 23.0 Å². The second-order valence-electron chi connectivity index (χ2n) is 8.93. The Balaban J connectivity index is 1.84. The molecule has 1 aliphatic heterocycles. The lowest BCUT2D eigenvalue weighted by Gasteiger charge is -2.37. The Kier molecular flexibility index (Phi) is 7.76. The van der Waals surface area contributed by atoms with Crippen molar-refractivity contribution in [2.24, 2.45) is 0 Å². The molecule has 2 aliphatic rings. The molecule has 37 heavy (non-hydrogen) atoms. The SMILES string of the molecule is CCOC(=O)C1=C(C)NC2=C(C(=O)C[C@H](c3ccc(OC)c(OC)c3)C2)[C@@H]1c1cccc(OC)c1OC. The molecular weight excluding hydrogens is 474 g/mol. The van der Waals surface area contributed by atoms with Gasteiger partial charge in [0.1, 0.15) is 0 Å². The lowest BCUT2D eigenvalue weighted by atomic mass is 9.71. The number of Topliss-reactive ketones (excluding diaryl/α,β-unsaturated/α-hetero) is 1. The van der Waals surface area contributed by atoms with Crippen molar-refractivity contribution >= 4 is 11.8 Å². The highest BCUT2D eigenvalue weighted by Crippen LogP contribution is 2.49. The Morgan fingerprint density at radius 3 is 2.32 bits per heavy atom. The van der Waals surface area contributed by atoms with Crippen LogP contribution in [-0.4, -0.2) is 46.8 Å². The molecule has 1 heterocycles. The number of rotatable bonds is 8. The van der Waals surface area contributed by atoms with Crippen molar-refractivity contribution < 1.29 is 33.3 Å². The summed E-state index contributed by atoms with van der Waals surface area (Å²) in [4.78, 5) is 27.1. The van der Waals surface area contributed by atoms with Crippen LogP contribution in [0.5, 0.6) is 23.0 Å². The van der Waals surface area contributed by atoms with Crippen LogP contribution >= 0.6 is 0 Å². The maximum absolute atomic E-state index is 13.9. The minimum Gasteiger partial charge on any atom is -0.493 e. The molecule has 8 heteroatoms. The van der Waals surface area contributed by atoms with E-state index in [-0.39, 0.29) is 24.7 Å². The molecule has 1 N–H and O–H groups in total. The summed E-state index contributed by atoms with van der Waals surface area (Å²) in [7, 11) is 6.29. The van der Waals surface area contributed by atoms with Crippen molar-refractivity contribution in [3.63, 3.8) is 0 Å². The van der Waals surface area contributed by atoms with Gasteiger partial charge in [-0.2, -0.15) is 0 Å². The largest absolute Gasteiger partial charge is 0.493 e. The zero-order valence-corrected chi connectivity index (χ0v) is 22.1. The number of ether oxygens (including phenoxy) is 5. The third-order valence-corrected chi connectivity index (χ3v) is 6.95. The summed E-state index contributed by atoms with van der Waals surface area (Å²) < 4.78 is 27.5. The van der Waals surface area contributed by atoms with Crippen LogP contribution in [0, 0.1) is 0 Å². The summed E-state index contributed by atoms with van der Waals surface area (Å²) in [6.07, 6.45) is 0.876. The van der Waals surface area contributed by atoms with E-state index in [0.717, 1.165) is 11.3 Å². The zero-order valence-electron chi connectivity index (χ0n) is 22.1. The maximum atomic E-state index is 13.9. The Morgan fingerprint density at radius 2 is 1.68 bits per heavy atom. The molecule has 0 saturated carbocycles. The van der Waals surface area contributed by atoms with E-state index in [0.29, 0.717) is 51.8 Å². The predicted molar refractivity (Wildman–Crippen MR) is 138 cm³/mol. The average Bonchev–Trinajstić information content (AvgIpc) is 2.91. The van der Waals surface area contributed by atoms with Gasteiger partial charge < -0.3 is 29.0 Å². The van der Waals surface area contributed by atoms with E-state index in [1.165, 1.54) is 0 Å². The standard InChI is InChI=1S/C29H33NO7/c1-7-37-29(32)25-16(2)30-20-13-18(17-11-12-22(33-3)24(15-17)35-5)14-21(31)27(20)26(25)19-9-8-10-23(34-4)28(19)36-6/h8-12,15,18,26,30H,7,13-14H2,1-6H3/t18-,26-/m1/s1. The van der Waals surface area contributed by atoms with Crippen LogP contribution < -0.4 is 24.3 Å². The van der Waals surface area contributed by atoms with E-state index in [1.807, 2.05) is 37.3 Å². The van der Waals surface area contributed by atoms with Gasteiger partial charge in [-0.15, -0.1) is 0 Å². The molecule has 4 rings (SSSR count). The molecule has 0 saturated heterocycles. The van der Waals surface area contributed by atoms with E-state index in [4.69, 9.17) is 23.7 Å². The molecule has 2 aromatic carbocycles. The maximum Gasteiger partial charge on any atom is 0.336 e. The van der Waals surface area contributed by atoms with E-state index >= 15 is 0 Å². The normalized spacial score (nSPS) is 19.1. The van der Waals surface area contributed by atoms with Crippen LogP contribution in [0.3, 0.4) is 0 Å². The molecule has 1 aliphatic carbocycles. The van der Waals surface area contributed by atoms with Crippen LogP contribution in [0.2, 0.25) is 0 Å². The quantitative estimate of drug-likeness (QED) is 0.517. The van der Waals surface area contributed by atoms with Crippen LogP contribution in [0.15, 0.2) is 58.9 Å². The Labute approximate surface area is 217 Å². The molecule has 0 bridgehead atoms. The molecule has 2 atom stereocenters. The van der Waals surface area contributed by atoms with Crippen LogP contribution in [0.25, 0.3) is 0 Å². The van der Waals surface area contributed by atoms with Crippen LogP contribution in [0.4, 0.5) is 0 Å². The number of dihydropyridines is 1. The Bertz CT molecular complexity index is 1280. The number of carbonyl (C=O) groups excluding carboxylic acids is 2. The summed E-state index contributed by atoms with van der Waals surface area (Å²) in [5.41, 5.74) is 4.04. The lowest BCUT2D eigenvalue weighted by molar-refractivity contribution is -0.138. The number of benzene rings is 2. The molecule has 0 radical (unpaired) electrons. The Morgan fingerprint density at radius 1 is 0.946 bits per heavy atom. The summed E-state index contributed by atoms with van der Waals surface area (Å²) >= 11 is 0. The summed E-state index contributed by atoms with van der Waals surface area (Å²) in [6.45, 7) is 3.81. The second kappa shape index (κ2) is 11.0. The van der Waals surface area contributed by atoms with Crippen molar-refractivity contribution in [2.45, 2.75) is 38.5 Å². The first-order valence-electron chi connectivity index (χ1n) is 12.2. The topological polar surface area (TPSA) is 92.3 Å². The van der Waals surface area contributed by atoms with Crippen molar-refractivity contribution in [1.82, 2.24) is 5.32 Å². The average molecular weight is 508 g/mol. The number of allylic oxidation sites excluding steroid dienone is 3. The minimum atomic E-state index is -0.654. The number of hydrogen-bond donors (Lipinski definition) is 1. The lowest BCUT2D eigenvalue weighted by Crippen LogP contribution is -2.36. The number of nitrogens with one attached hydrogen (secondary N) is 1. The van der Waals surface area contributed by atoms with Gasteiger partial charge in [0.2, 0.25) is 0 Å². The highest BCUT2D eigenvalue weighted by Gasteiger charge is 2.43. The first kappa shape index (κ1) is 26.1. The minimum absolute atomic E-state index is 0.0438. The van der Waals surface area contributed by atoms with Gasteiger partial charge >= 0.3 is 5.97 Å². The van der Waals surface area contributed by atoms with Gasteiger partial charge in [-0.25, -0.2) is 4.79 Å². The second-order valence-corrected chi connectivity index (χ2v) is 8.93. The van der Waals surface area contributed by atoms with Gasteiger partial charge in [0.05, 0.1) is 46.5 Å². The number of hydrogen-bond acceptors (Lipinski definition) is 8. The van der Waals surface area contributed by atoms with E-state index in [9.17, 15) is 9.59 Å². The molecule has 196 valence electrons. The summed E-state index contributed by atoms with van der Waals surface area (Å²) in [6, 6.07) is 11.2. The molecule has 0 spiro atoms. The zero-order chi connectivity index (χ0) is 26.7. The van der Waals surface area contributed by atoms with Gasteiger partial charge in [-0.05, 0) is 49.9 Å². The predicted octanol–water partition coefficient (Wildman–Crippen LogP) is 4.65. The van der Waals surface area contributed by atoms with Gasteiger partial charge in [-0.1, -0.05) is 18.2 Å². The van der Waals surface area contributed by atoms with E-state index in [1.54, 1.807) is 41.4 Å². The summed E-state index contributed by atoms with van der Waals surface area (Å²) in [5, 5.41) is 3.36. The number of methoxy groups -OCH3 is 4. The highest BCUT2D eigenvalue weighted by molar-refractivity contribution is 6.04. The molecule has 2 aromatic rings. The number of carbonyl (C=O) groups is 2. The molecular formula is C29H33NO7. The molecule has 0 fully saturated rings. The van der Waals surface area contributed by atoms with E-state index in [2.05, 4.69) is 5.32 Å². The van der Waals surface area contributed by atoms with Crippen molar-refractivity contribution in [3.05, 3.63) is 70.1 Å². The molecule has 0 amide bonds. The fourth-order valence-corrected chi connectivity index (χ4v) is 5.31. The van der Waals surface area contributed by atoms with Crippen molar-refractivity contribution in [2.75, 3.05) is 35.0 Å². The highest BCUT2D eigenvalue weighted by atomic mass is 16.5. The smallest absolute Gasteiger partial charge is 0.336 e. The van der Waals surface area contributed by atoms with Crippen LogP contribution in [-0.2, 0) is 14.3 Å². The molecule has 8 nitrogen and oxygen atoms in total. The van der Waals surface area contributed by atoms with Gasteiger partial charge in [0.15, 0.2) is 28.8 Å². The number of esters is 1. The van der Waals surface area contributed by atoms with Gasteiger partial charge in [0, 0.05) is 29.0 Å². The summed E-state index contributed by atoms with van der Waals surface area (Å²) in [5.74, 6) is 1.01. The number of para-hydroxylation sites is 1. The number of ketones is 1. The fraction of sp³-hybridized carbons (Fsp3) is 0.379. The third kappa shape index (κ3) is 4.75. The third-order valence-electron chi connectivity index (χ3n) is 6.95. The van der Waals surface area contributed by atoms with Gasteiger partial charge in [0.25, 0.3) is 0 Å². The first-order valence-corrected chi connectivity index (χ1v) is 12.2. The Hall–Kier alpha value is -3.94. The fourth-order valence-electron chi connectivity index (χ4n) is 5.31. The van der Waals surface area contributed by atoms with Crippen molar-refractivity contribution in [1.29, 1.82) is 0 Å². The van der Waals surface area contributed by atoms with E-state index < -0.39 is 11.9 Å². The van der Waals surface area contributed by atoms with Gasteiger partial charge in [-0.3, -0.25) is 4.79 Å². The molecule has 0 unspecified atom stereocenters. The monoisotopic (exact) mass is 507 g/mol. The molecule has 0 aromatic heterocycles. The van der Waals surface area contributed by atoms with Crippen LogP contribution in [0.1, 0.15) is 49.7 Å². The first-order chi connectivity index (χ1) is 17.9.